The third kappa shape index (κ3) is 4.80. The van der Waals surface area contributed by atoms with E-state index in [1.807, 2.05) is 0 Å². The predicted octanol–water partition coefficient (Wildman–Crippen LogP) is 1.80. The van der Waals surface area contributed by atoms with E-state index in [2.05, 4.69) is 31.1 Å². The number of ether oxygens (including phenoxy) is 1. The Morgan fingerprint density at radius 2 is 2.00 bits per heavy atom. The van der Waals surface area contributed by atoms with Gasteiger partial charge in [-0.1, -0.05) is 25.6 Å². The number of hydrogen-bond donors (Lipinski definition) is 1. The van der Waals surface area contributed by atoms with Crippen LogP contribution in [-0.4, -0.2) is 32.0 Å². The van der Waals surface area contributed by atoms with E-state index in [0.717, 1.165) is 19.3 Å². The maximum absolute atomic E-state index is 8.61. The maximum Gasteiger partial charge on any atom is 0.144 e. The second-order valence-electron chi connectivity index (χ2n) is 4.83. The van der Waals surface area contributed by atoms with Crippen LogP contribution in [0.3, 0.4) is 0 Å². The van der Waals surface area contributed by atoms with Gasteiger partial charge in [0.15, 0.2) is 0 Å². The van der Waals surface area contributed by atoms with E-state index in [1.54, 1.807) is 0 Å². The second-order valence-corrected chi connectivity index (χ2v) is 9.58. The molecule has 0 aromatic heterocycles. The van der Waals surface area contributed by atoms with Crippen molar-refractivity contribution >= 4 is 8.07 Å². The van der Waals surface area contributed by atoms with E-state index in [1.165, 1.54) is 0 Å². The zero-order chi connectivity index (χ0) is 10.6. The monoisotopic (exact) mass is 212 g/mol. The van der Waals surface area contributed by atoms with Gasteiger partial charge < -0.3 is 9.84 Å². The summed E-state index contributed by atoms with van der Waals surface area (Å²) in [5.74, 6) is 3.20. The molecular weight excluding hydrogens is 192 g/mol. The molecule has 0 aromatic rings. The van der Waals surface area contributed by atoms with Crippen molar-refractivity contribution in [1.82, 2.24) is 0 Å². The lowest BCUT2D eigenvalue weighted by Gasteiger charge is -2.02. The molecule has 1 aliphatic heterocycles. The number of unbranched alkanes of at least 4 members (excludes halogenated alkanes) is 1. The summed E-state index contributed by atoms with van der Waals surface area (Å²) < 4.78 is 5.43. The lowest BCUT2D eigenvalue weighted by molar-refractivity contribution is 0.278. The van der Waals surface area contributed by atoms with Crippen molar-refractivity contribution in [3.05, 3.63) is 0 Å². The van der Waals surface area contributed by atoms with E-state index in [4.69, 9.17) is 9.84 Å². The molecule has 0 aromatic carbocycles. The van der Waals surface area contributed by atoms with Crippen molar-refractivity contribution in [3.8, 4) is 11.5 Å². The minimum absolute atomic E-state index is 0.195. The second kappa shape index (κ2) is 4.97. The summed E-state index contributed by atoms with van der Waals surface area (Å²) in [7, 11) is -1.23. The first-order valence-electron chi connectivity index (χ1n) is 5.32. The molecule has 0 unspecified atom stereocenters. The van der Waals surface area contributed by atoms with E-state index in [9.17, 15) is 0 Å². The van der Waals surface area contributed by atoms with Crippen LogP contribution in [-0.2, 0) is 4.74 Å². The lowest BCUT2D eigenvalue weighted by Crippen LogP contribution is -2.16. The van der Waals surface area contributed by atoms with Crippen molar-refractivity contribution in [1.29, 1.82) is 0 Å². The van der Waals surface area contributed by atoms with Crippen LogP contribution >= 0.6 is 0 Å². The number of aliphatic hydroxyl groups is 1. The fourth-order valence-corrected chi connectivity index (χ4v) is 1.81. The first-order valence-corrected chi connectivity index (χ1v) is 8.82. The molecule has 3 heteroatoms. The zero-order valence-corrected chi connectivity index (χ0v) is 10.3. The smallest absolute Gasteiger partial charge is 0.144 e. The number of epoxide rings is 1. The van der Waals surface area contributed by atoms with E-state index in [0.29, 0.717) is 6.10 Å². The molecule has 1 heterocycles. The molecule has 0 radical (unpaired) electrons. The van der Waals surface area contributed by atoms with Gasteiger partial charge in [0.1, 0.15) is 14.2 Å². The van der Waals surface area contributed by atoms with Gasteiger partial charge in [-0.3, -0.25) is 0 Å². The Kier molecular flexibility index (Phi) is 4.18. The number of aliphatic hydroxyl groups excluding tert-OH is 1. The fraction of sp³-hybridized carbons (Fsp3) is 0.818. The Bertz CT molecular complexity index is 234. The molecule has 1 aliphatic rings. The van der Waals surface area contributed by atoms with Crippen LogP contribution in [0.2, 0.25) is 19.6 Å². The topological polar surface area (TPSA) is 32.8 Å². The van der Waals surface area contributed by atoms with Crippen LogP contribution < -0.4 is 0 Å². The van der Waals surface area contributed by atoms with Crippen molar-refractivity contribution in [3.63, 3.8) is 0 Å². The van der Waals surface area contributed by atoms with Gasteiger partial charge in [0.25, 0.3) is 0 Å². The highest BCUT2D eigenvalue weighted by Crippen LogP contribution is 2.26. The first kappa shape index (κ1) is 11.8. The molecule has 0 bridgehead atoms. The summed E-state index contributed by atoms with van der Waals surface area (Å²) in [5, 5.41) is 8.61. The Morgan fingerprint density at radius 3 is 2.57 bits per heavy atom. The highest BCUT2D eigenvalue weighted by atomic mass is 28.3. The molecule has 1 N–H and O–H groups in total. The first-order chi connectivity index (χ1) is 6.53. The number of rotatable bonds is 4. The lowest BCUT2D eigenvalue weighted by atomic mass is 10.1. The minimum atomic E-state index is -1.23. The van der Waals surface area contributed by atoms with Gasteiger partial charge in [-0.2, -0.15) is 0 Å². The van der Waals surface area contributed by atoms with Gasteiger partial charge in [-0.15, -0.1) is 5.54 Å². The van der Waals surface area contributed by atoms with E-state index in [-0.39, 0.29) is 12.7 Å². The molecule has 0 aliphatic carbocycles. The molecular formula is C11H20O2Si. The zero-order valence-electron chi connectivity index (χ0n) is 9.34. The summed E-state index contributed by atoms with van der Waals surface area (Å²) in [6.45, 7) is 7.01. The quantitative estimate of drug-likeness (QED) is 0.333. The van der Waals surface area contributed by atoms with Gasteiger partial charge in [0.2, 0.25) is 0 Å². The SMILES string of the molecule is C[Si](C)(C)C#C[C@H]1O[C@H]1CCCCO. The van der Waals surface area contributed by atoms with Crippen LogP contribution in [0.25, 0.3) is 0 Å². The standard InChI is InChI=1S/C11H20O2Si/c1-14(2,3)9-7-11-10(13-11)6-4-5-8-12/h10-12H,4-6,8H2,1-3H3/t10-,11+/m0/s1. The minimum Gasteiger partial charge on any atom is -0.396 e. The average molecular weight is 212 g/mol. The highest BCUT2D eigenvalue weighted by molar-refractivity contribution is 6.83. The summed E-state index contributed by atoms with van der Waals surface area (Å²) in [4.78, 5) is 0. The molecule has 2 nitrogen and oxygen atoms in total. The van der Waals surface area contributed by atoms with Crippen LogP contribution in [0.5, 0.6) is 0 Å². The summed E-state index contributed by atoms with van der Waals surface area (Å²) in [6.07, 6.45) is 3.53. The third-order valence-corrected chi connectivity index (χ3v) is 2.96. The highest BCUT2D eigenvalue weighted by Gasteiger charge is 2.36. The molecule has 1 saturated heterocycles. The molecule has 2 atom stereocenters. The average Bonchev–Trinajstić information content (AvgIpc) is 2.80. The molecule has 0 saturated carbocycles. The van der Waals surface area contributed by atoms with Crippen molar-refractivity contribution < 1.29 is 9.84 Å². The van der Waals surface area contributed by atoms with Crippen molar-refractivity contribution in [2.75, 3.05) is 6.61 Å². The summed E-state index contributed by atoms with van der Waals surface area (Å²) in [6, 6.07) is 0. The Hall–Kier alpha value is -0.303. The molecule has 1 fully saturated rings. The Balaban J connectivity index is 2.16. The molecule has 80 valence electrons. The van der Waals surface area contributed by atoms with Crippen LogP contribution in [0.15, 0.2) is 0 Å². The van der Waals surface area contributed by atoms with Gasteiger partial charge in [0, 0.05) is 6.61 Å². The van der Waals surface area contributed by atoms with Crippen LogP contribution in [0.1, 0.15) is 19.3 Å². The van der Waals surface area contributed by atoms with Crippen molar-refractivity contribution in [2.24, 2.45) is 0 Å². The largest absolute Gasteiger partial charge is 0.396 e. The summed E-state index contributed by atoms with van der Waals surface area (Å²) >= 11 is 0. The van der Waals surface area contributed by atoms with Gasteiger partial charge >= 0.3 is 0 Å². The van der Waals surface area contributed by atoms with Crippen molar-refractivity contribution in [2.45, 2.75) is 51.1 Å². The number of hydrogen-bond acceptors (Lipinski definition) is 2. The summed E-state index contributed by atoms with van der Waals surface area (Å²) in [5.41, 5.74) is 3.32. The van der Waals surface area contributed by atoms with Crippen LogP contribution in [0, 0.1) is 11.5 Å². The van der Waals surface area contributed by atoms with Gasteiger partial charge in [0.05, 0.1) is 6.10 Å². The maximum atomic E-state index is 8.61. The molecule has 0 spiro atoms. The molecule has 0 amide bonds. The molecule has 14 heavy (non-hydrogen) atoms. The molecule has 1 rings (SSSR count). The van der Waals surface area contributed by atoms with E-state index < -0.39 is 8.07 Å². The Morgan fingerprint density at radius 1 is 1.29 bits per heavy atom. The fourth-order valence-electron chi connectivity index (χ4n) is 1.23. The predicted molar refractivity (Wildman–Crippen MR) is 60.7 cm³/mol. The third-order valence-electron chi connectivity index (χ3n) is 2.07. The Labute approximate surface area is 87.7 Å². The van der Waals surface area contributed by atoms with Gasteiger partial charge in [-0.25, -0.2) is 0 Å². The van der Waals surface area contributed by atoms with E-state index >= 15 is 0 Å². The van der Waals surface area contributed by atoms with Gasteiger partial charge in [-0.05, 0) is 19.3 Å². The normalized spacial score (nSPS) is 25.4. The van der Waals surface area contributed by atoms with Crippen LogP contribution in [0.4, 0.5) is 0 Å².